The van der Waals surface area contributed by atoms with Crippen LogP contribution in [0, 0.1) is 6.92 Å². The molecule has 1 aromatic heterocycles. The summed E-state index contributed by atoms with van der Waals surface area (Å²) in [7, 11) is 0. The van der Waals surface area contributed by atoms with Crippen LogP contribution in [0.5, 0.6) is 5.75 Å². The van der Waals surface area contributed by atoms with Gasteiger partial charge >= 0.3 is 0 Å². The average molecular weight is 260 g/mol. The molecular formula is C13H16N4O2. The van der Waals surface area contributed by atoms with Crippen molar-refractivity contribution in [2.75, 3.05) is 0 Å². The molecule has 2 aromatic rings. The highest BCUT2D eigenvalue weighted by molar-refractivity contribution is 5.95. The number of carbonyl (C=O) groups excluding carboxylic acids is 1. The van der Waals surface area contributed by atoms with E-state index in [0.29, 0.717) is 17.9 Å². The van der Waals surface area contributed by atoms with E-state index in [9.17, 15) is 9.90 Å². The zero-order chi connectivity index (χ0) is 13.8. The normalized spacial score (nSPS) is 10.4. The molecule has 0 saturated heterocycles. The molecule has 0 spiro atoms. The van der Waals surface area contributed by atoms with E-state index < -0.39 is 0 Å². The monoisotopic (exact) mass is 260 g/mol. The van der Waals surface area contributed by atoms with Crippen LogP contribution in [0.1, 0.15) is 28.7 Å². The summed E-state index contributed by atoms with van der Waals surface area (Å²) in [5.74, 6) is 0.676. The first kappa shape index (κ1) is 13.1. The standard InChI is InChI=1S/C13H16N4O2/c1-3-17-8-15-16-12(17)7-14-13(19)11-5-4-10(18)6-9(11)2/h4-6,8,18H,3,7H2,1-2H3,(H,14,19). The first-order valence-electron chi connectivity index (χ1n) is 6.06. The number of aryl methyl sites for hydroxylation is 2. The maximum absolute atomic E-state index is 12.0. The van der Waals surface area contributed by atoms with Gasteiger partial charge < -0.3 is 15.0 Å². The molecule has 0 fully saturated rings. The zero-order valence-electron chi connectivity index (χ0n) is 10.9. The van der Waals surface area contributed by atoms with Crippen molar-refractivity contribution in [1.82, 2.24) is 20.1 Å². The van der Waals surface area contributed by atoms with Gasteiger partial charge in [-0.15, -0.1) is 10.2 Å². The van der Waals surface area contributed by atoms with Gasteiger partial charge in [-0.1, -0.05) is 0 Å². The molecule has 0 saturated carbocycles. The van der Waals surface area contributed by atoms with Crippen LogP contribution < -0.4 is 5.32 Å². The Kier molecular flexibility index (Phi) is 3.79. The molecule has 100 valence electrons. The molecule has 0 aliphatic heterocycles. The van der Waals surface area contributed by atoms with Crippen LogP contribution in [0.4, 0.5) is 0 Å². The smallest absolute Gasteiger partial charge is 0.251 e. The van der Waals surface area contributed by atoms with E-state index in [2.05, 4.69) is 15.5 Å². The summed E-state index contributed by atoms with van der Waals surface area (Å²) in [6.07, 6.45) is 1.63. The number of carbonyl (C=O) groups is 1. The van der Waals surface area contributed by atoms with Gasteiger partial charge in [-0.3, -0.25) is 4.79 Å². The third kappa shape index (κ3) is 2.90. The number of hydrogen-bond acceptors (Lipinski definition) is 4. The zero-order valence-corrected chi connectivity index (χ0v) is 10.9. The molecule has 0 unspecified atom stereocenters. The Labute approximate surface area is 111 Å². The van der Waals surface area contributed by atoms with Crippen molar-refractivity contribution < 1.29 is 9.90 Å². The van der Waals surface area contributed by atoms with E-state index in [1.165, 1.54) is 6.07 Å². The molecule has 0 atom stereocenters. The molecule has 6 heteroatoms. The van der Waals surface area contributed by atoms with E-state index in [4.69, 9.17) is 0 Å². The Morgan fingerprint density at radius 1 is 1.47 bits per heavy atom. The predicted octanol–water partition coefficient (Wildman–Crippen LogP) is 1.24. The Morgan fingerprint density at radius 3 is 2.95 bits per heavy atom. The summed E-state index contributed by atoms with van der Waals surface area (Å²) in [4.78, 5) is 12.0. The summed E-state index contributed by atoms with van der Waals surface area (Å²) in [6.45, 7) is 4.85. The fourth-order valence-corrected chi connectivity index (χ4v) is 1.84. The third-order valence-corrected chi connectivity index (χ3v) is 2.90. The maximum atomic E-state index is 12.0. The number of nitrogens with zero attached hydrogens (tertiary/aromatic N) is 3. The second-order valence-electron chi connectivity index (χ2n) is 4.22. The van der Waals surface area contributed by atoms with Crippen molar-refractivity contribution >= 4 is 5.91 Å². The van der Waals surface area contributed by atoms with Gasteiger partial charge in [0.2, 0.25) is 0 Å². The summed E-state index contributed by atoms with van der Waals surface area (Å²) >= 11 is 0. The molecule has 6 nitrogen and oxygen atoms in total. The second-order valence-corrected chi connectivity index (χ2v) is 4.22. The van der Waals surface area contributed by atoms with Crippen molar-refractivity contribution in [1.29, 1.82) is 0 Å². The highest BCUT2D eigenvalue weighted by Crippen LogP contribution is 2.15. The van der Waals surface area contributed by atoms with E-state index in [1.54, 1.807) is 25.4 Å². The van der Waals surface area contributed by atoms with Gasteiger partial charge in [0.25, 0.3) is 5.91 Å². The van der Waals surface area contributed by atoms with Gasteiger partial charge in [-0.25, -0.2) is 0 Å². The van der Waals surface area contributed by atoms with Crippen LogP contribution in [-0.2, 0) is 13.1 Å². The SMILES string of the molecule is CCn1cnnc1CNC(=O)c1ccc(O)cc1C. The van der Waals surface area contributed by atoms with Gasteiger partial charge in [-0.2, -0.15) is 0 Å². The number of amides is 1. The largest absolute Gasteiger partial charge is 0.508 e. The molecule has 0 aliphatic carbocycles. The fourth-order valence-electron chi connectivity index (χ4n) is 1.84. The van der Waals surface area contributed by atoms with Gasteiger partial charge in [0.15, 0.2) is 5.82 Å². The van der Waals surface area contributed by atoms with Crippen LogP contribution in [-0.4, -0.2) is 25.8 Å². The first-order chi connectivity index (χ1) is 9.11. The lowest BCUT2D eigenvalue weighted by molar-refractivity contribution is 0.0949. The minimum Gasteiger partial charge on any atom is -0.508 e. The number of rotatable bonds is 4. The lowest BCUT2D eigenvalue weighted by Gasteiger charge is -2.08. The summed E-state index contributed by atoms with van der Waals surface area (Å²) in [6, 6.07) is 4.66. The van der Waals surface area contributed by atoms with E-state index in [0.717, 1.165) is 12.1 Å². The van der Waals surface area contributed by atoms with E-state index in [1.807, 2.05) is 11.5 Å². The fraction of sp³-hybridized carbons (Fsp3) is 0.308. The maximum Gasteiger partial charge on any atom is 0.251 e. The van der Waals surface area contributed by atoms with Crippen LogP contribution in [0.3, 0.4) is 0 Å². The molecular weight excluding hydrogens is 244 g/mol. The van der Waals surface area contributed by atoms with Crippen molar-refractivity contribution in [3.05, 3.63) is 41.5 Å². The average Bonchev–Trinajstić information content (AvgIpc) is 2.83. The van der Waals surface area contributed by atoms with Crippen LogP contribution in [0.25, 0.3) is 0 Å². The summed E-state index contributed by atoms with van der Waals surface area (Å²) in [5.41, 5.74) is 1.27. The molecule has 19 heavy (non-hydrogen) atoms. The number of nitrogens with one attached hydrogen (secondary N) is 1. The molecule has 0 bridgehead atoms. The third-order valence-electron chi connectivity index (χ3n) is 2.90. The topological polar surface area (TPSA) is 80.0 Å². The lowest BCUT2D eigenvalue weighted by atomic mass is 10.1. The van der Waals surface area contributed by atoms with Crippen LogP contribution >= 0.6 is 0 Å². The first-order valence-corrected chi connectivity index (χ1v) is 6.06. The van der Waals surface area contributed by atoms with Crippen molar-refractivity contribution in [2.24, 2.45) is 0 Å². The number of phenols is 1. The highest BCUT2D eigenvalue weighted by Gasteiger charge is 2.10. The molecule has 2 N–H and O–H groups in total. The van der Waals surface area contributed by atoms with Crippen molar-refractivity contribution in [2.45, 2.75) is 26.9 Å². The Morgan fingerprint density at radius 2 is 2.26 bits per heavy atom. The predicted molar refractivity (Wildman–Crippen MR) is 69.7 cm³/mol. The second kappa shape index (κ2) is 5.51. The quantitative estimate of drug-likeness (QED) is 0.866. The number of aromatic hydroxyl groups is 1. The van der Waals surface area contributed by atoms with Gasteiger partial charge in [0.1, 0.15) is 12.1 Å². The minimum absolute atomic E-state index is 0.153. The molecule has 2 rings (SSSR count). The van der Waals surface area contributed by atoms with Gasteiger partial charge in [0.05, 0.1) is 6.54 Å². The highest BCUT2D eigenvalue weighted by atomic mass is 16.3. The molecule has 0 radical (unpaired) electrons. The van der Waals surface area contributed by atoms with Crippen molar-refractivity contribution in [3.63, 3.8) is 0 Å². The number of hydrogen-bond donors (Lipinski definition) is 2. The van der Waals surface area contributed by atoms with Crippen LogP contribution in [0.2, 0.25) is 0 Å². The van der Waals surface area contributed by atoms with Crippen molar-refractivity contribution in [3.8, 4) is 5.75 Å². The Balaban J connectivity index is 2.05. The number of phenolic OH excluding ortho intramolecular Hbond substituents is 1. The molecule has 0 aliphatic rings. The van der Waals surface area contributed by atoms with Gasteiger partial charge in [-0.05, 0) is 37.6 Å². The summed E-state index contributed by atoms with van der Waals surface area (Å²) in [5, 5.41) is 19.9. The Hall–Kier alpha value is -2.37. The van der Waals surface area contributed by atoms with E-state index in [-0.39, 0.29) is 11.7 Å². The van der Waals surface area contributed by atoms with E-state index >= 15 is 0 Å². The number of benzene rings is 1. The molecule has 1 aromatic carbocycles. The molecule has 1 amide bonds. The lowest BCUT2D eigenvalue weighted by Crippen LogP contribution is -2.25. The van der Waals surface area contributed by atoms with Gasteiger partial charge in [0, 0.05) is 12.1 Å². The number of aromatic nitrogens is 3. The minimum atomic E-state index is -0.192. The summed E-state index contributed by atoms with van der Waals surface area (Å²) < 4.78 is 1.87. The van der Waals surface area contributed by atoms with Crippen LogP contribution in [0.15, 0.2) is 24.5 Å². The molecule has 1 heterocycles. The Bertz CT molecular complexity index is 592.